The summed E-state index contributed by atoms with van der Waals surface area (Å²) in [4.78, 5) is 10.1. The number of rotatable bonds is 6. The summed E-state index contributed by atoms with van der Waals surface area (Å²) in [5.74, 6) is 0.238. The maximum absolute atomic E-state index is 13.0. The molecule has 0 aliphatic rings. The van der Waals surface area contributed by atoms with E-state index < -0.39 is 12.5 Å². The molecular weight excluding hydrogens is 373 g/mol. The first kappa shape index (κ1) is 16.7. The fourth-order valence-electron chi connectivity index (χ4n) is 1.74. The third-order valence-corrected chi connectivity index (χ3v) is 5.15. The molecule has 2 rings (SSSR count). The van der Waals surface area contributed by atoms with E-state index in [1.54, 1.807) is 31.2 Å². The minimum absolute atomic E-state index is 0.0685. The lowest BCUT2D eigenvalue weighted by Crippen LogP contribution is -2.12. The summed E-state index contributed by atoms with van der Waals surface area (Å²) in [5, 5.41) is 11.0. The third kappa shape index (κ3) is 3.94. The van der Waals surface area contributed by atoms with Crippen LogP contribution < -0.4 is 9.83 Å². The van der Waals surface area contributed by atoms with Crippen LogP contribution in [0.1, 0.15) is 6.92 Å². The van der Waals surface area contributed by atoms with Gasteiger partial charge in [0.15, 0.2) is 0 Å². The Labute approximate surface area is 135 Å². The molecule has 0 spiro atoms. The molecule has 8 heteroatoms. The van der Waals surface area contributed by atoms with Gasteiger partial charge < -0.3 is 4.52 Å². The molecule has 6 nitrogen and oxygen atoms in total. The molecule has 0 bridgehead atoms. The van der Waals surface area contributed by atoms with Gasteiger partial charge in [0.2, 0.25) is 0 Å². The molecule has 0 aliphatic carbocycles. The van der Waals surface area contributed by atoms with E-state index >= 15 is 0 Å². The maximum Gasteiger partial charge on any atom is 0.410 e. The van der Waals surface area contributed by atoms with Crippen molar-refractivity contribution in [3.8, 4) is 5.75 Å². The SMILES string of the molecule is CCOP(=O)(Oc1ccc([N+](=O)[O-])cc1)c1cccc(Br)c1. The molecular formula is C14H13BrNO5P. The molecule has 22 heavy (non-hydrogen) atoms. The van der Waals surface area contributed by atoms with Crippen LogP contribution in [0.5, 0.6) is 5.75 Å². The molecule has 0 amide bonds. The average Bonchev–Trinajstić information content (AvgIpc) is 2.48. The highest BCUT2D eigenvalue weighted by atomic mass is 79.9. The van der Waals surface area contributed by atoms with Crippen molar-refractivity contribution in [1.29, 1.82) is 0 Å². The van der Waals surface area contributed by atoms with E-state index in [0.29, 0.717) is 5.30 Å². The fourth-order valence-corrected chi connectivity index (χ4v) is 3.93. The number of nitro benzene ring substituents is 1. The Morgan fingerprint density at radius 3 is 2.45 bits per heavy atom. The first-order valence-electron chi connectivity index (χ1n) is 6.39. The Morgan fingerprint density at radius 1 is 1.23 bits per heavy atom. The summed E-state index contributed by atoms with van der Waals surface area (Å²) >= 11 is 3.31. The van der Waals surface area contributed by atoms with E-state index in [9.17, 15) is 14.7 Å². The Balaban J connectivity index is 2.32. The molecule has 116 valence electrons. The van der Waals surface area contributed by atoms with Crippen LogP contribution in [0.3, 0.4) is 0 Å². The average molecular weight is 386 g/mol. The molecule has 0 N–H and O–H groups in total. The molecule has 2 aromatic carbocycles. The highest BCUT2D eigenvalue weighted by Gasteiger charge is 2.29. The summed E-state index contributed by atoms with van der Waals surface area (Å²) in [6.07, 6.45) is 0. The Bertz CT molecular complexity index is 719. The van der Waals surface area contributed by atoms with Crippen molar-refractivity contribution in [1.82, 2.24) is 0 Å². The number of benzene rings is 2. The van der Waals surface area contributed by atoms with Crippen molar-refractivity contribution in [3.63, 3.8) is 0 Å². The molecule has 1 atom stereocenters. The summed E-state index contributed by atoms with van der Waals surface area (Å²) < 4.78 is 24.5. The van der Waals surface area contributed by atoms with Crippen molar-refractivity contribution in [2.75, 3.05) is 6.61 Å². The summed E-state index contributed by atoms with van der Waals surface area (Å²) in [6, 6.07) is 12.2. The van der Waals surface area contributed by atoms with Crippen LogP contribution >= 0.6 is 23.5 Å². The zero-order valence-electron chi connectivity index (χ0n) is 11.6. The number of nitrogens with zero attached hydrogens (tertiary/aromatic N) is 1. The largest absolute Gasteiger partial charge is 0.421 e. The van der Waals surface area contributed by atoms with Crippen LogP contribution in [0.15, 0.2) is 53.0 Å². The molecule has 0 aliphatic heterocycles. The van der Waals surface area contributed by atoms with E-state index in [0.717, 1.165) is 4.47 Å². The summed E-state index contributed by atoms with van der Waals surface area (Å²) in [7, 11) is -3.56. The highest BCUT2D eigenvalue weighted by molar-refractivity contribution is 9.10. The molecule has 0 fully saturated rings. The van der Waals surface area contributed by atoms with Crippen molar-refractivity contribution in [3.05, 3.63) is 63.1 Å². The fraction of sp³-hybridized carbons (Fsp3) is 0.143. The number of nitro groups is 1. The van der Waals surface area contributed by atoms with Crippen LogP contribution in [0.25, 0.3) is 0 Å². The monoisotopic (exact) mass is 385 g/mol. The van der Waals surface area contributed by atoms with Crippen molar-refractivity contribution in [2.45, 2.75) is 6.92 Å². The maximum atomic E-state index is 13.0. The van der Waals surface area contributed by atoms with Crippen molar-refractivity contribution >= 4 is 34.5 Å². The molecule has 0 radical (unpaired) electrons. The van der Waals surface area contributed by atoms with Gasteiger partial charge in [0.25, 0.3) is 5.69 Å². The number of hydrogen-bond acceptors (Lipinski definition) is 5. The molecule has 0 aromatic heterocycles. The minimum atomic E-state index is -3.56. The van der Waals surface area contributed by atoms with E-state index in [4.69, 9.17) is 9.05 Å². The standard InChI is InChI=1S/C14H13BrNO5P/c1-2-20-22(19,14-5-3-4-11(15)10-14)21-13-8-6-12(7-9-13)16(17)18/h3-10H,2H2,1H3. The zero-order chi connectivity index (χ0) is 16.2. The van der Waals surface area contributed by atoms with Gasteiger partial charge >= 0.3 is 7.60 Å². The molecule has 0 heterocycles. The van der Waals surface area contributed by atoms with Gasteiger partial charge in [-0.15, -0.1) is 0 Å². The van der Waals surface area contributed by atoms with Crippen LogP contribution in [0.2, 0.25) is 0 Å². The van der Waals surface area contributed by atoms with Gasteiger partial charge in [0, 0.05) is 16.6 Å². The smallest absolute Gasteiger partial charge is 0.410 e. The van der Waals surface area contributed by atoms with Crippen molar-refractivity contribution < 1.29 is 18.5 Å². The molecule has 0 saturated heterocycles. The molecule has 1 unspecified atom stereocenters. The highest BCUT2D eigenvalue weighted by Crippen LogP contribution is 2.47. The van der Waals surface area contributed by atoms with Gasteiger partial charge in [-0.1, -0.05) is 22.0 Å². The lowest BCUT2D eigenvalue weighted by molar-refractivity contribution is -0.384. The Hall–Kier alpha value is -1.69. The third-order valence-electron chi connectivity index (χ3n) is 2.70. The minimum Gasteiger partial charge on any atom is -0.421 e. The number of hydrogen-bond donors (Lipinski definition) is 0. The quantitative estimate of drug-likeness (QED) is 0.421. The number of halogens is 1. The van der Waals surface area contributed by atoms with E-state index in [-0.39, 0.29) is 18.0 Å². The van der Waals surface area contributed by atoms with Gasteiger partial charge in [-0.25, -0.2) is 4.57 Å². The molecule has 2 aromatic rings. The first-order chi connectivity index (χ1) is 10.4. The van der Waals surface area contributed by atoms with Crippen LogP contribution in [0, 0.1) is 10.1 Å². The Morgan fingerprint density at radius 2 is 1.91 bits per heavy atom. The van der Waals surface area contributed by atoms with Gasteiger partial charge in [0.05, 0.1) is 16.8 Å². The van der Waals surface area contributed by atoms with Crippen molar-refractivity contribution in [2.24, 2.45) is 0 Å². The number of non-ortho nitro benzene ring substituents is 1. The van der Waals surface area contributed by atoms with Crippen LogP contribution in [-0.2, 0) is 9.09 Å². The second-order valence-electron chi connectivity index (χ2n) is 4.24. The topological polar surface area (TPSA) is 78.7 Å². The lowest BCUT2D eigenvalue weighted by atomic mass is 10.3. The van der Waals surface area contributed by atoms with Crippen LogP contribution in [-0.4, -0.2) is 11.5 Å². The summed E-state index contributed by atoms with van der Waals surface area (Å²) in [5.41, 5.74) is -0.0685. The van der Waals surface area contributed by atoms with Crippen LogP contribution in [0.4, 0.5) is 5.69 Å². The van der Waals surface area contributed by atoms with E-state index in [1.807, 2.05) is 0 Å². The zero-order valence-corrected chi connectivity index (χ0v) is 14.1. The van der Waals surface area contributed by atoms with Gasteiger partial charge in [-0.3, -0.25) is 14.6 Å². The molecule has 0 saturated carbocycles. The first-order valence-corrected chi connectivity index (χ1v) is 8.73. The predicted octanol–water partition coefficient (Wildman–Crippen LogP) is 4.29. The van der Waals surface area contributed by atoms with Gasteiger partial charge in [-0.2, -0.15) is 0 Å². The van der Waals surface area contributed by atoms with E-state index in [1.165, 1.54) is 24.3 Å². The van der Waals surface area contributed by atoms with Gasteiger partial charge in [-0.05, 0) is 37.3 Å². The van der Waals surface area contributed by atoms with Gasteiger partial charge in [0.1, 0.15) is 5.75 Å². The second-order valence-corrected chi connectivity index (χ2v) is 7.11. The normalized spacial score (nSPS) is 13.4. The Kier molecular flexibility index (Phi) is 5.34. The predicted molar refractivity (Wildman–Crippen MR) is 86.7 cm³/mol. The second kappa shape index (κ2) is 7.05. The van der Waals surface area contributed by atoms with E-state index in [2.05, 4.69) is 15.9 Å². The summed E-state index contributed by atoms with van der Waals surface area (Å²) in [6.45, 7) is 1.92. The lowest BCUT2D eigenvalue weighted by Gasteiger charge is -2.19.